The Morgan fingerprint density at radius 3 is 2.80 bits per heavy atom. The molecule has 0 radical (unpaired) electrons. The number of hydrogen-bond acceptors (Lipinski definition) is 7. The second-order valence-electron chi connectivity index (χ2n) is 6.22. The molecule has 6 nitrogen and oxygen atoms in total. The summed E-state index contributed by atoms with van der Waals surface area (Å²) in [4.78, 5) is 22.8. The van der Waals surface area contributed by atoms with Crippen LogP contribution in [0.15, 0.2) is 24.5 Å². The van der Waals surface area contributed by atoms with Gasteiger partial charge in [0.15, 0.2) is 0 Å². The maximum atomic E-state index is 12.7. The van der Waals surface area contributed by atoms with Crippen molar-refractivity contribution in [1.82, 2.24) is 9.97 Å². The molecule has 0 saturated carbocycles. The van der Waals surface area contributed by atoms with Crippen molar-refractivity contribution in [1.29, 1.82) is 5.41 Å². The van der Waals surface area contributed by atoms with E-state index in [4.69, 9.17) is 10.1 Å². The van der Waals surface area contributed by atoms with E-state index in [1.165, 1.54) is 17.6 Å². The lowest BCUT2D eigenvalue weighted by Gasteiger charge is -2.26. The SMILES string of the molecule is CSCCN(C(=O)OC(C)(C)C)c1sc(-c2cccnc2)nc1C=N. The third-order valence-corrected chi connectivity index (χ3v) is 4.79. The van der Waals surface area contributed by atoms with Crippen LogP contribution in [-0.4, -0.2) is 46.4 Å². The molecule has 2 aromatic heterocycles. The first kappa shape index (κ1) is 19.4. The minimum absolute atomic E-state index is 0.425. The lowest BCUT2D eigenvalue weighted by Crippen LogP contribution is -2.38. The van der Waals surface area contributed by atoms with Crippen molar-refractivity contribution < 1.29 is 9.53 Å². The zero-order valence-corrected chi connectivity index (χ0v) is 16.4. The fourth-order valence-corrected chi connectivity index (χ4v) is 3.42. The third-order valence-electron chi connectivity index (χ3n) is 3.06. The maximum absolute atomic E-state index is 12.7. The number of nitrogens with zero attached hydrogens (tertiary/aromatic N) is 3. The molecule has 8 heteroatoms. The standard InChI is InChI=1S/C17H22N4O2S2/c1-17(2,3)23-16(22)21(8-9-24-4)15-13(10-18)20-14(25-15)12-6-5-7-19-11-12/h5-7,10-11,18H,8-9H2,1-4H3. The number of thioether (sulfide) groups is 1. The Bertz CT molecular complexity index is 726. The highest BCUT2D eigenvalue weighted by molar-refractivity contribution is 7.98. The van der Waals surface area contributed by atoms with Gasteiger partial charge in [-0.25, -0.2) is 9.78 Å². The molecule has 0 aromatic carbocycles. The van der Waals surface area contributed by atoms with Crippen LogP contribution in [-0.2, 0) is 4.74 Å². The number of ether oxygens (including phenoxy) is 1. The molecule has 0 aliphatic heterocycles. The predicted molar refractivity (Wildman–Crippen MR) is 105 cm³/mol. The van der Waals surface area contributed by atoms with Crippen LogP contribution in [0.2, 0.25) is 0 Å². The Morgan fingerprint density at radius 2 is 2.24 bits per heavy atom. The molecule has 0 spiro atoms. The van der Waals surface area contributed by atoms with E-state index in [2.05, 4.69) is 9.97 Å². The highest BCUT2D eigenvalue weighted by Crippen LogP contribution is 2.34. The summed E-state index contributed by atoms with van der Waals surface area (Å²) in [7, 11) is 0. The van der Waals surface area contributed by atoms with Gasteiger partial charge in [-0.05, 0) is 39.2 Å². The highest BCUT2D eigenvalue weighted by Gasteiger charge is 2.27. The number of aromatic nitrogens is 2. The van der Waals surface area contributed by atoms with E-state index >= 15 is 0 Å². The molecule has 0 fully saturated rings. The molecule has 1 N–H and O–H groups in total. The summed E-state index contributed by atoms with van der Waals surface area (Å²) in [6.45, 7) is 6.00. The number of amides is 1. The van der Waals surface area contributed by atoms with E-state index < -0.39 is 11.7 Å². The van der Waals surface area contributed by atoms with Gasteiger partial charge in [-0.2, -0.15) is 11.8 Å². The van der Waals surface area contributed by atoms with Crippen LogP contribution in [0.4, 0.5) is 9.80 Å². The molecular formula is C17H22N4O2S2. The lowest BCUT2D eigenvalue weighted by atomic mass is 10.2. The van der Waals surface area contributed by atoms with Gasteiger partial charge in [-0.15, -0.1) is 0 Å². The van der Waals surface area contributed by atoms with Crippen molar-refractivity contribution in [3.05, 3.63) is 30.2 Å². The number of carbonyl (C=O) groups excluding carboxylic acids is 1. The summed E-state index contributed by atoms with van der Waals surface area (Å²) in [6.07, 6.45) is 6.14. The second-order valence-corrected chi connectivity index (χ2v) is 8.18. The minimum Gasteiger partial charge on any atom is -0.443 e. The lowest BCUT2D eigenvalue weighted by molar-refractivity contribution is 0.0583. The first-order chi connectivity index (χ1) is 11.9. The molecule has 134 valence electrons. The van der Waals surface area contributed by atoms with Crippen molar-refractivity contribution in [3.63, 3.8) is 0 Å². The van der Waals surface area contributed by atoms with Gasteiger partial charge in [0.25, 0.3) is 0 Å². The van der Waals surface area contributed by atoms with Crippen LogP contribution < -0.4 is 4.90 Å². The van der Waals surface area contributed by atoms with Gasteiger partial charge in [-0.1, -0.05) is 11.3 Å². The Labute approximate surface area is 156 Å². The van der Waals surface area contributed by atoms with Crippen LogP contribution in [0, 0.1) is 5.41 Å². The van der Waals surface area contributed by atoms with Crippen molar-refractivity contribution in [3.8, 4) is 10.6 Å². The number of pyridine rings is 1. The van der Waals surface area contributed by atoms with Crippen molar-refractivity contribution in [2.75, 3.05) is 23.5 Å². The van der Waals surface area contributed by atoms with Crippen molar-refractivity contribution in [2.24, 2.45) is 0 Å². The van der Waals surface area contributed by atoms with Crippen LogP contribution in [0.1, 0.15) is 26.5 Å². The van der Waals surface area contributed by atoms with Crippen molar-refractivity contribution >= 4 is 40.4 Å². The number of carbonyl (C=O) groups is 1. The number of rotatable bonds is 6. The van der Waals surface area contributed by atoms with Gasteiger partial charge in [0, 0.05) is 36.5 Å². The highest BCUT2D eigenvalue weighted by atomic mass is 32.2. The minimum atomic E-state index is -0.587. The predicted octanol–water partition coefficient (Wildman–Crippen LogP) is 4.31. The molecule has 0 aliphatic rings. The Balaban J connectivity index is 2.40. The largest absolute Gasteiger partial charge is 0.443 e. The molecule has 2 rings (SSSR count). The molecular weight excluding hydrogens is 356 g/mol. The van der Waals surface area contributed by atoms with Crippen LogP contribution in [0.3, 0.4) is 0 Å². The van der Waals surface area contributed by atoms with Gasteiger partial charge in [0.05, 0.1) is 0 Å². The Kier molecular flexibility index (Phi) is 6.55. The van der Waals surface area contributed by atoms with E-state index in [1.54, 1.807) is 29.1 Å². The van der Waals surface area contributed by atoms with Gasteiger partial charge >= 0.3 is 6.09 Å². The topological polar surface area (TPSA) is 79.2 Å². The normalized spacial score (nSPS) is 11.2. The molecule has 1 amide bonds. The van der Waals surface area contributed by atoms with Crippen LogP contribution in [0.5, 0.6) is 0 Å². The molecule has 0 unspecified atom stereocenters. The molecule has 0 saturated heterocycles. The maximum Gasteiger partial charge on any atom is 0.415 e. The van der Waals surface area contributed by atoms with Gasteiger partial charge in [0.1, 0.15) is 21.3 Å². The average molecular weight is 379 g/mol. The van der Waals surface area contributed by atoms with Crippen LogP contribution >= 0.6 is 23.1 Å². The van der Waals surface area contributed by atoms with Crippen LogP contribution in [0.25, 0.3) is 10.6 Å². The van der Waals surface area contributed by atoms with Gasteiger partial charge < -0.3 is 10.1 Å². The number of thiazole rings is 1. The average Bonchev–Trinajstić information content (AvgIpc) is 2.98. The second kappa shape index (κ2) is 8.44. The summed E-state index contributed by atoms with van der Waals surface area (Å²) >= 11 is 3.01. The van der Waals surface area contributed by atoms with E-state index in [0.29, 0.717) is 17.2 Å². The number of anilines is 1. The smallest absolute Gasteiger partial charge is 0.415 e. The summed E-state index contributed by atoms with van der Waals surface area (Å²) in [6, 6.07) is 3.74. The fraction of sp³-hybridized carbons (Fsp3) is 0.412. The molecule has 0 atom stereocenters. The summed E-state index contributed by atoms with van der Waals surface area (Å²) in [5.41, 5.74) is 0.725. The number of nitrogens with one attached hydrogen (secondary N) is 1. The Hall–Kier alpha value is -1.93. The molecule has 0 aliphatic carbocycles. The molecule has 0 bridgehead atoms. The monoisotopic (exact) mass is 378 g/mol. The van der Waals surface area contributed by atoms with Gasteiger partial charge in [0.2, 0.25) is 0 Å². The number of hydrogen-bond donors (Lipinski definition) is 1. The van der Waals surface area contributed by atoms with E-state index in [0.717, 1.165) is 16.3 Å². The van der Waals surface area contributed by atoms with E-state index in [1.807, 2.05) is 39.2 Å². The molecule has 2 aromatic rings. The quantitative estimate of drug-likeness (QED) is 0.758. The van der Waals surface area contributed by atoms with Crippen molar-refractivity contribution in [2.45, 2.75) is 26.4 Å². The van der Waals surface area contributed by atoms with E-state index in [-0.39, 0.29) is 0 Å². The first-order valence-corrected chi connectivity index (χ1v) is 9.98. The third kappa shape index (κ3) is 5.27. The van der Waals surface area contributed by atoms with E-state index in [9.17, 15) is 4.79 Å². The summed E-state index contributed by atoms with van der Waals surface area (Å²) < 4.78 is 5.53. The summed E-state index contributed by atoms with van der Waals surface area (Å²) in [5, 5.41) is 9.02. The zero-order chi connectivity index (χ0) is 18.4. The zero-order valence-electron chi connectivity index (χ0n) is 14.8. The fourth-order valence-electron chi connectivity index (χ4n) is 2.00. The van der Waals surface area contributed by atoms with Gasteiger partial charge in [-0.3, -0.25) is 9.88 Å². The summed E-state index contributed by atoms with van der Waals surface area (Å²) in [5.74, 6) is 0.761. The first-order valence-electron chi connectivity index (χ1n) is 7.77. The Morgan fingerprint density at radius 1 is 1.48 bits per heavy atom. The molecule has 2 heterocycles. The molecule has 25 heavy (non-hydrogen) atoms.